The van der Waals surface area contributed by atoms with Crippen LogP contribution in [0.2, 0.25) is 0 Å². The number of hydrogen-bond donors (Lipinski definition) is 1. The molecule has 2 rings (SSSR count). The van der Waals surface area contributed by atoms with E-state index in [1.807, 2.05) is 12.1 Å². The van der Waals surface area contributed by atoms with Crippen LogP contribution < -0.4 is 5.32 Å². The molecule has 0 aliphatic carbocycles. The van der Waals surface area contributed by atoms with Gasteiger partial charge in [0.05, 0.1) is 6.42 Å². The number of halogens is 3. The van der Waals surface area contributed by atoms with E-state index in [4.69, 9.17) is 0 Å². The average Bonchev–Trinajstić information content (AvgIpc) is 2.89. The summed E-state index contributed by atoms with van der Waals surface area (Å²) in [7, 11) is 0. The zero-order chi connectivity index (χ0) is 14.6. The maximum atomic E-state index is 12.2. The second-order valence-corrected chi connectivity index (χ2v) is 4.55. The molecule has 0 saturated carbocycles. The monoisotopic (exact) mass is 285 g/mol. The van der Waals surface area contributed by atoms with Crippen molar-refractivity contribution in [2.75, 3.05) is 0 Å². The van der Waals surface area contributed by atoms with E-state index in [1.54, 1.807) is 12.1 Å². The van der Waals surface area contributed by atoms with E-state index in [-0.39, 0.29) is 0 Å². The van der Waals surface area contributed by atoms with Crippen LogP contribution in [0.5, 0.6) is 0 Å². The van der Waals surface area contributed by atoms with Crippen LogP contribution in [-0.2, 0) is 6.54 Å². The van der Waals surface area contributed by atoms with Crippen molar-refractivity contribution in [3.05, 3.63) is 36.2 Å². The van der Waals surface area contributed by atoms with Crippen LogP contribution >= 0.6 is 0 Å². The van der Waals surface area contributed by atoms with Crippen LogP contribution in [0.15, 0.2) is 35.2 Å². The van der Waals surface area contributed by atoms with Gasteiger partial charge in [0, 0.05) is 18.2 Å². The smallest absolute Gasteiger partial charge is 0.342 e. The molecule has 1 N–H and O–H groups in total. The van der Waals surface area contributed by atoms with E-state index >= 15 is 0 Å². The Labute approximate surface area is 114 Å². The van der Waals surface area contributed by atoms with Crippen LogP contribution in [0.25, 0.3) is 11.4 Å². The summed E-state index contributed by atoms with van der Waals surface area (Å²) >= 11 is 0. The lowest BCUT2D eigenvalue weighted by Gasteiger charge is -2.15. The third-order valence-corrected chi connectivity index (χ3v) is 2.77. The number of benzene rings is 1. The lowest BCUT2D eigenvalue weighted by molar-refractivity contribution is -0.139. The second kappa shape index (κ2) is 6.04. The summed E-state index contributed by atoms with van der Waals surface area (Å²) in [4.78, 5) is 3.91. The Morgan fingerprint density at radius 1 is 1.25 bits per heavy atom. The molecule has 1 heterocycles. The Balaban J connectivity index is 1.88. The molecular formula is C13H14F3N3O. The van der Waals surface area contributed by atoms with E-state index in [0.717, 1.165) is 11.1 Å². The Morgan fingerprint density at radius 2 is 1.95 bits per heavy atom. The molecule has 108 valence electrons. The quantitative estimate of drug-likeness (QED) is 0.916. The number of nitrogens with zero attached hydrogens (tertiary/aromatic N) is 2. The highest BCUT2D eigenvalue weighted by Crippen LogP contribution is 2.21. The molecule has 1 unspecified atom stereocenters. The van der Waals surface area contributed by atoms with Gasteiger partial charge in [-0.2, -0.15) is 18.2 Å². The summed E-state index contributed by atoms with van der Waals surface area (Å²) in [5, 5.41) is 6.54. The highest BCUT2D eigenvalue weighted by atomic mass is 19.4. The number of alkyl halides is 3. The summed E-state index contributed by atoms with van der Waals surface area (Å²) in [5.41, 5.74) is 1.69. The fourth-order valence-electron chi connectivity index (χ4n) is 1.78. The minimum Gasteiger partial charge on any atom is -0.342 e. The molecule has 0 fully saturated rings. The zero-order valence-electron chi connectivity index (χ0n) is 10.8. The molecule has 2 aromatic rings. The summed E-state index contributed by atoms with van der Waals surface area (Å²) in [6.07, 6.45) is -3.74. The summed E-state index contributed by atoms with van der Waals surface area (Å²) in [5.74, 6) is 0.481. The Hall–Kier alpha value is -1.89. The Kier molecular flexibility index (Phi) is 4.39. The van der Waals surface area contributed by atoms with E-state index in [0.29, 0.717) is 12.4 Å². The maximum Gasteiger partial charge on any atom is 0.390 e. The predicted molar refractivity (Wildman–Crippen MR) is 66.7 cm³/mol. The van der Waals surface area contributed by atoms with Crippen LogP contribution in [-0.4, -0.2) is 22.4 Å². The second-order valence-electron chi connectivity index (χ2n) is 4.55. The largest absolute Gasteiger partial charge is 0.390 e. The molecule has 0 saturated heterocycles. The van der Waals surface area contributed by atoms with Gasteiger partial charge in [-0.15, -0.1) is 0 Å². The average molecular weight is 285 g/mol. The fourth-order valence-corrected chi connectivity index (χ4v) is 1.78. The molecule has 7 heteroatoms. The van der Waals surface area contributed by atoms with Gasteiger partial charge < -0.3 is 9.84 Å². The number of aromatic nitrogens is 2. The van der Waals surface area contributed by atoms with Crippen LogP contribution in [0.1, 0.15) is 18.9 Å². The van der Waals surface area contributed by atoms with E-state index in [9.17, 15) is 13.2 Å². The van der Waals surface area contributed by atoms with Gasteiger partial charge in [0.25, 0.3) is 0 Å². The molecule has 0 radical (unpaired) electrons. The molecule has 1 atom stereocenters. The number of nitrogens with one attached hydrogen (secondary N) is 1. The molecular weight excluding hydrogens is 271 g/mol. The van der Waals surface area contributed by atoms with Crippen molar-refractivity contribution in [2.24, 2.45) is 0 Å². The topological polar surface area (TPSA) is 51.0 Å². The van der Waals surface area contributed by atoms with Crippen LogP contribution in [0, 0.1) is 0 Å². The molecule has 1 aromatic carbocycles. The van der Waals surface area contributed by atoms with Crippen molar-refractivity contribution < 1.29 is 17.7 Å². The number of rotatable bonds is 5. The lowest BCUT2D eigenvalue weighted by Crippen LogP contribution is -2.30. The van der Waals surface area contributed by atoms with Gasteiger partial charge in [0.2, 0.25) is 12.2 Å². The van der Waals surface area contributed by atoms with Crippen molar-refractivity contribution in [1.29, 1.82) is 0 Å². The predicted octanol–water partition coefficient (Wildman–Crippen LogP) is 3.17. The van der Waals surface area contributed by atoms with Gasteiger partial charge >= 0.3 is 6.18 Å². The van der Waals surface area contributed by atoms with Gasteiger partial charge in [0.15, 0.2) is 0 Å². The van der Waals surface area contributed by atoms with Gasteiger partial charge in [-0.3, -0.25) is 0 Å². The minimum atomic E-state index is -4.14. The van der Waals surface area contributed by atoms with E-state index in [2.05, 4.69) is 20.0 Å². The van der Waals surface area contributed by atoms with Crippen molar-refractivity contribution in [2.45, 2.75) is 32.1 Å². The third kappa shape index (κ3) is 4.34. The molecule has 4 nitrogen and oxygen atoms in total. The molecule has 0 amide bonds. The minimum absolute atomic E-state index is 0.379. The maximum absolute atomic E-state index is 12.2. The summed E-state index contributed by atoms with van der Waals surface area (Å²) in [6, 6.07) is 6.62. The van der Waals surface area contributed by atoms with Gasteiger partial charge in [-0.25, -0.2) is 0 Å². The van der Waals surface area contributed by atoms with Crippen molar-refractivity contribution in [3.63, 3.8) is 0 Å². The van der Waals surface area contributed by atoms with Gasteiger partial charge in [0.1, 0.15) is 0 Å². The van der Waals surface area contributed by atoms with Crippen molar-refractivity contribution in [3.8, 4) is 11.4 Å². The Bertz CT molecular complexity index is 523. The highest BCUT2D eigenvalue weighted by molar-refractivity contribution is 5.54. The normalized spacial score (nSPS) is 13.4. The van der Waals surface area contributed by atoms with E-state index < -0.39 is 18.6 Å². The lowest BCUT2D eigenvalue weighted by atomic mass is 10.1. The SMILES string of the molecule is CC(CC(F)(F)F)NCc1ccc(-c2ncon2)cc1. The molecule has 20 heavy (non-hydrogen) atoms. The highest BCUT2D eigenvalue weighted by Gasteiger charge is 2.29. The van der Waals surface area contributed by atoms with Gasteiger partial charge in [-0.1, -0.05) is 29.4 Å². The van der Waals surface area contributed by atoms with Crippen molar-refractivity contribution in [1.82, 2.24) is 15.5 Å². The first kappa shape index (κ1) is 14.5. The molecule has 1 aromatic heterocycles. The Morgan fingerprint density at radius 3 is 2.50 bits per heavy atom. The zero-order valence-corrected chi connectivity index (χ0v) is 10.8. The third-order valence-electron chi connectivity index (χ3n) is 2.77. The standard InChI is InChI=1S/C13H14F3N3O/c1-9(6-13(14,15)16)17-7-10-2-4-11(5-3-10)12-18-8-20-19-12/h2-5,8-9,17H,6-7H2,1H3. The van der Waals surface area contributed by atoms with E-state index in [1.165, 1.54) is 13.3 Å². The molecule has 0 aliphatic heterocycles. The molecule has 0 bridgehead atoms. The van der Waals surface area contributed by atoms with Crippen LogP contribution in [0.4, 0.5) is 13.2 Å². The van der Waals surface area contributed by atoms with Crippen LogP contribution in [0.3, 0.4) is 0 Å². The molecule has 0 spiro atoms. The first-order valence-corrected chi connectivity index (χ1v) is 6.10. The first-order valence-electron chi connectivity index (χ1n) is 6.10. The fraction of sp³-hybridized carbons (Fsp3) is 0.385. The molecule has 0 aliphatic rings. The van der Waals surface area contributed by atoms with Gasteiger partial charge in [-0.05, 0) is 12.5 Å². The first-order chi connectivity index (χ1) is 9.44. The van der Waals surface area contributed by atoms with Crippen molar-refractivity contribution >= 4 is 0 Å². The summed E-state index contributed by atoms with van der Waals surface area (Å²) in [6.45, 7) is 1.89. The number of hydrogen-bond acceptors (Lipinski definition) is 4. The summed E-state index contributed by atoms with van der Waals surface area (Å²) < 4.78 is 41.2.